The number of hydrogen-bond acceptors (Lipinski definition) is 5. The molecule has 5 heteroatoms. The predicted molar refractivity (Wildman–Crippen MR) is 90.1 cm³/mol. The Kier molecular flexibility index (Phi) is 3.79. The van der Waals surface area contributed by atoms with Gasteiger partial charge in [0.2, 0.25) is 0 Å². The standard InChI is InChI=1S/C16H24N4S/c1-20-10-19-15(18-9-11-4-3-7-17-8-11)14-12-5-2-6-13(12)21-16(14)20/h4,8,10,12-16,18H,2-3,5-7,9H2,1H3. The van der Waals surface area contributed by atoms with Gasteiger partial charge in [-0.15, -0.1) is 11.8 Å². The van der Waals surface area contributed by atoms with Crippen LogP contribution in [0.4, 0.5) is 0 Å². The lowest BCUT2D eigenvalue weighted by Gasteiger charge is -2.38. The van der Waals surface area contributed by atoms with Gasteiger partial charge in [0.1, 0.15) is 6.17 Å². The molecule has 0 radical (unpaired) electrons. The van der Waals surface area contributed by atoms with Crippen molar-refractivity contribution in [2.24, 2.45) is 21.8 Å². The molecule has 3 aliphatic heterocycles. The first-order chi connectivity index (χ1) is 10.3. The lowest BCUT2D eigenvalue weighted by Crippen LogP contribution is -2.50. The van der Waals surface area contributed by atoms with Gasteiger partial charge in [0.25, 0.3) is 0 Å². The second-order valence-corrected chi connectivity index (χ2v) is 7.96. The van der Waals surface area contributed by atoms with Crippen LogP contribution in [-0.4, -0.2) is 54.4 Å². The van der Waals surface area contributed by atoms with Gasteiger partial charge < -0.3 is 4.90 Å². The van der Waals surface area contributed by atoms with Crippen LogP contribution in [-0.2, 0) is 0 Å². The van der Waals surface area contributed by atoms with E-state index in [0.717, 1.165) is 30.7 Å². The molecular formula is C16H24N4S. The summed E-state index contributed by atoms with van der Waals surface area (Å²) in [4.78, 5) is 11.5. The van der Waals surface area contributed by atoms with E-state index in [0.29, 0.717) is 11.3 Å². The number of hydrogen-bond donors (Lipinski definition) is 1. The molecule has 4 rings (SSSR count). The molecule has 1 saturated carbocycles. The van der Waals surface area contributed by atoms with Crippen LogP contribution in [0.5, 0.6) is 0 Å². The van der Waals surface area contributed by atoms with Gasteiger partial charge in [-0.05, 0) is 30.8 Å². The van der Waals surface area contributed by atoms with Gasteiger partial charge in [0, 0.05) is 37.5 Å². The molecule has 21 heavy (non-hydrogen) atoms. The molecule has 114 valence electrons. The SMILES string of the molecule is CN1C=NC(NCC2=CCCN=C2)C2C3CCCC3SC21. The van der Waals surface area contributed by atoms with Gasteiger partial charge in [-0.1, -0.05) is 12.5 Å². The third-order valence-corrected chi connectivity index (χ3v) is 7.11. The molecular weight excluding hydrogens is 280 g/mol. The number of rotatable bonds is 3. The zero-order valence-corrected chi connectivity index (χ0v) is 13.4. The van der Waals surface area contributed by atoms with E-state index in [-0.39, 0.29) is 6.17 Å². The van der Waals surface area contributed by atoms with E-state index in [4.69, 9.17) is 4.99 Å². The van der Waals surface area contributed by atoms with Crippen molar-refractivity contribution in [3.8, 4) is 0 Å². The smallest absolute Gasteiger partial charge is 0.107 e. The van der Waals surface area contributed by atoms with Crippen molar-refractivity contribution < 1.29 is 0 Å². The molecule has 1 N–H and O–H groups in total. The number of nitrogens with one attached hydrogen (secondary N) is 1. The first kappa shape index (κ1) is 13.8. The molecule has 1 aliphatic carbocycles. The lowest BCUT2D eigenvalue weighted by atomic mass is 9.87. The fraction of sp³-hybridized carbons (Fsp3) is 0.750. The minimum atomic E-state index is 0.281. The van der Waals surface area contributed by atoms with Crippen LogP contribution < -0.4 is 5.32 Å². The summed E-state index contributed by atoms with van der Waals surface area (Å²) < 4.78 is 0. The summed E-state index contributed by atoms with van der Waals surface area (Å²) in [6, 6.07) is 0. The number of dihydropyridines is 1. The fourth-order valence-corrected chi connectivity index (χ4v) is 6.19. The highest BCUT2D eigenvalue weighted by atomic mass is 32.2. The maximum Gasteiger partial charge on any atom is 0.107 e. The van der Waals surface area contributed by atoms with Crippen LogP contribution in [0.3, 0.4) is 0 Å². The van der Waals surface area contributed by atoms with Crippen molar-refractivity contribution in [3.05, 3.63) is 11.6 Å². The molecule has 0 aromatic carbocycles. The summed E-state index contributed by atoms with van der Waals surface area (Å²) in [5, 5.41) is 5.18. The van der Waals surface area contributed by atoms with Crippen LogP contribution in [0.15, 0.2) is 21.6 Å². The second kappa shape index (κ2) is 5.76. The van der Waals surface area contributed by atoms with E-state index < -0.39 is 0 Å². The number of fused-ring (bicyclic) bond motifs is 3. The molecule has 4 nitrogen and oxygen atoms in total. The zero-order chi connectivity index (χ0) is 14.2. The van der Waals surface area contributed by atoms with Crippen LogP contribution >= 0.6 is 11.8 Å². The zero-order valence-electron chi connectivity index (χ0n) is 12.6. The Morgan fingerprint density at radius 3 is 3.24 bits per heavy atom. The second-order valence-electron chi connectivity index (χ2n) is 6.60. The first-order valence-electron chi connectivity index (χ1n) is 8.16. The molecule has 0 spiro atoms. The molecule has 2 fully saturated rings. The number of thioether (sulfide) groups is 1. The van der Waals surface area contributed by atoms with Crippen molar-refractivity contribution in [2.45, 2.75) is 42.5 Å². The van der Waals surface area contributed by atoms with Crippen LogP contribution in [0.25, 0.3) is 0 Å². The normalized spacial score (nSPS) is 41.1. The molecule has 0 amide bonds. The van der Waals surface area contributed by atoms with Gasteiger partial charge >= 0.3 is 0 Å². The summed E-state index contributed by atoms with van der Waals surface area (Å²) in [5.41, 5.74) is 1.32. The highest BCUT2D eigenvalue weighted by Gasteiger charge is 2.51. The summed E-state index contributed by atoms with van der Waals surface area (Å²) in [6.07, 6.45) is 11.9. The molecule has 0 aromatic rings. The summed E-state index contributed by atoms with van der Waals surface area (Å²) in [5.74, 6) is 1.52. The highest BCUT2D eigenvalue weighted by molar-refractivity contribution is 8.00. The largest absolute Gasteiger partial charge is 0.354 e. The monoisotopic (exact) mass is 304 g/mol. The number of nitrogens with zero attached hydrogens (tertiary/aromatic N) is 3. The molecule has 5 unspecified atom stereocenters. The minimum absolute atomic E-state index is 0.281. The average Bonchev–Trinajstić information content (AvgIpc) is 3.09. The highest BCUT2D eigenvalue weighted by Crippen LogP contribution is 2.53. The van der Waals surface area contributed by atoms with Crippen LogP contribution in [0.1, 0.15) is 25.7 Å². The minimum Gasteiger partial charge on any atom is -0.354 e. The molecule has 5 atom stereocenters. The Hall–Kier alpha value is -0.810. The van der Waals surface area contributed by atoms with E-state index in [1.807, 2.05) is 12.6 Å². The van der Waals surface area contributed by atoms with Gasteiger partial charge in [0.15, 0.2) is 0 Å². The van der Waals surface area contributed by atoms with Crippen LogP contribution in [0.2, 0.25) is 0 Å². The maximum atomic E-state index is 4.80. The van der Waals surface area contributed by atoms with Gasteiger partial charge in [-0.2, -0.15) is 0 Å². The molecule has 1 saturated heterocycles. The third-order valence-electron chi connectivity index (χ3n) is 5.25. The average molecular weight is 304 g/mol. The van der Waals surface area contributed by atoms with E-state index in [9.17, 15) is 0 Å². The number of aliphatic imine (C=N–C) groups is 2. The van der Waals surface area contributed by atoms with Crippen LogP contribution in [0, 0.1) is 11.8 Å². The topological polar surface area (TPSA) is 40.0 Å². The lowest BCUT2D eigenvalue weighted by molar-refractivity contribution is 0.205. The third kappa shape index (κ3) is 2.55. The van der Waals surface area contributed by atoms with E-state index >= 15 is 0 Å². The van der Waals surface area contributed by atoms with Crippen molar-refractivity contribution in [1.29, 1.82) is 0 Å². The Bertz CT molecular complexity index is 487. The van der Waals surface area contributed by atoms with Crippen molar-refractivity contribution >= 4 is 24.3 Å². The summed E-state index contributed by atoms with van der Waals surface area (Å²) >= 11 is 2.19. The quantitative estimate of drug-likeness (QED) is 0.868. The van der Waals surface area contributed by atoms with Gasteiger partial charge in [-0.3, -0.25) is 15.3 Å². The molecule has 0 aromatic heterocycles. The molecule has 0 bridgehead atoms. The Morgan fingerprint density at radius 2 is 2.38 bits per heavy atom. The van der Waals surface area contributed by atoms with Crippen molar-refractivity contribution in [1.82, 2.24) is 10.2 Å². The summed E-state index contributed by atoms with van der Waals surface area (Å²) in [6.45, 7) is 1.85. The van der Waals surface area contributed by atoms with Crippen molar-refractivity contribution in [2.75, 3.05) is 20.1 Å². The van der Waals surface area contributed by atoms with Gasteiger partial charge in [0.05, 0.1) is 11.7 Å². The molecule has 4 aliphatic rings. The fourth-order valence-electron chi connectivity index (χ4n) is 4.23. The van der Waals surface area contributed by atoms with E-state index in [2.05, 4.69) is 40.1 Å². The maximum absolute atomic E-state index is 4.80. The predicted octanol–water partition coefficient (Wildman–Crippen LogP) is 2.13. The van der Waals surface area contributed by atoms with E-state index in [1.54, 1.807) is 0 Å². The Labute approximate surface area is 131 Å². The summed E-state index contributed by atoms with van der Waals surface area (Å²) in [7, 11) is 2.18. The van der Waals surface area contributed by atoms with Crippen molar-refractivity contribution in [3.63, 3.8) is 0 Å². The molecule has 3 heterocycles. The Morgan fingerprint density at radius 1 is 1.43 bits per heavy atom. The Balaban J connectivity index is 1.47. The van der Waals surface area contributed by atoms with Gasteiger partial charge in [-0.25, -0.2) is 0 Å². The van der Waals surface area contributed by atoms with E-state index in [1.165, 1.54) is 24.8 Å². The first-order valence-corrected chi connectivity index (χ1v) is 9.10.